The maximum atomic E-state index is 5.42. The third-order valence-electron chi connectivity index (χ3n) is 2.18. The summed E-state index contributed by atoms with van der Waals surface area (Å²) in [7, 11) is 0. The zero-order valence-corrected chi connectivity index (χ0v) is 11.0. The summed E-state index contributed by atoms with van der Waals surface area (Å²) in [5.74, 6) is 0. The molecule has 0 amide bonds. The molecule has 0 saturated carbocycles. The lowest BCUT2D eigenvalue weighted by molar-refractivity contribution is 0.156. The molecule has 2 nitrogen and oxygen atoms in total. The van der Waals surface area contributed by atoms with Crippen LogP contribution in [0.4, 0.5) is 0 Å². The largest absolute Gasteiger partial charge is 0.376 e. The van der Waals surface area contributed by atoms with E-state index in [1.807, 2.05) is 18.3 Å². The van der Waals surface area contributed by atoms with E-state index >= 15 is 0 Å². The van der Waals surface area contributed by atoms with Crippen molar-refractivity contribution in [3.05, 3.63) is 34.5 Å². The van der Waals surface area contributed by atoms with E-state index in [2.05, 4.69) is 36.3 Å². The van der Waals surface area contributed by atoms with Crippen LogP contribution in [0.15, 0.2) is 29.7 Å². The quantitative estimate of drug-likeness (QED) is 0.556. The van der Waals surface area contributed by atoms with Gasteiger partial charge in [0, 0.05) is 17.5 Å². The predicted molar refractivity (Wildman–Crippen MR) is 71.1 cm³/mol. The van der Waals surface area contributed by atoms with Gasteiger partial charge in [0.1, 0.15) is 0 Å². The lowest BCUT2D eigenvalue weighted by Gasteiger charge is -2.12. The Morgan fingerprint density at radius 2 is 2.44 bits per heavy atom. The van der Waals surface area contributed by atoms with Crippen LogP contribution in [0.1, 0.15) is 18.7 Å². The first-order chi connectivity index (χ1) is 7.68. The Hall–Kier alpha value is -0.640. The summed E-state index contributed by atoms with van der Waals surface area (Å²) in [6.45, 7) is 10.3. The van der Waals surface area contributed by atoms with Crippen molar-refractivity contribution in [1.29, 1.82) is 0 Å². The van der Waals surface area contributed by atoms with Crippen molar-refractivity contribution < 1.29 is 4.74 Å². The molecule has 1 rings (SSSR count). The Kier molecular flexibility index (Phi) is 6.38. The Labute approximate surface area is 102 Å². The van der Waals surface area contributed by atoms with E-state index in [1.54, 1.807) is 0 Å². The molecule has 0 fully saturated rings. The van der Waals surface area contributed by atoms with Gasteiger partial charge in [0.15, 0.2) is 0 Å². The zero-order chi connectivity index (χ0) is 11.8. The van der Waals surface area contributed by atoms with E-state index < -0.39 is 0 Å². The normalized spacial score (nSPS) is 12.6. The monoisotopic (exact) mass is 239 g/mol. The minimum Gasteiger partial charge on any atom is -0.376 e. The number of ether oxygens (including phenoxy) is 1. The molecule has 1 atom stereocenters. The molecule has 1 heterocycles. The minimum absolute atomic E-state index is 0.507. The van der Waals surface area contributed by atoms with E-state index in [-0.39, 0.29) is 0 Å². The second-order valence-electron chi connectivity index (χ2n) is 4.15. The molecule has 90 valence electrons. The first-order valence-corrected chi connectivity index (χ1v) is 6.54. The van der Waals surface area contributed by atoms with Gasteiger partial charge >= 0.3 is 0 Å². The van der Waals surface area contributed by atoms with Gasteiger partial charge in [-0.05, 0) is 31.7 Å². The van der Waals surface area contributed by atoms with Gasteiger partial charge in [-0.2, -0.15) is 0 Å². The molecule has 1 aromatic heterocycles. The second kappa shape index (κ2) is 7.60. The first kappa shape index (κ1) is 13.4. The lowest BCUT2D eigenvalue weighted by Crippen LogP contribution is -2.31. The average Bonchev–Trinajstić information content (AvgIpc) is 2.69. The third kappa shape index (κ3) is 6.05. The molecule has 1 N–H and O–H groups in total. The fourth-order valence-corrected chi connectivity index (χ4v) is 2.26. The highest BCUT2D eigenvalue weighted by molar-refractivity contribution is 7.09. The highest BCUT2D eigenvalue weighted by Crippen LogP contribution is 2.10. The van der Waals surface area contributed by atoms with Gasteiger partial charge in [0.05, 0.1) is 13.2 Å². The smallest absolute Gasteiger partial charge is 0.0672 e. The summed E-state index contributed by atoms with van der Waals surface area (Å²) < 4.78 is 5.42. The molecular formula is C13H21NOS. The van der Waals surface area contributed by atoms with Crippen LogP contribution in [0, 0.1) is 0 Å². The zero-order valence-electron chi connectivity index (χ0n) is 10.2. The summed E-state index contributed by atoms with van der Waals surface area (Å²) in [6.07, 6.45) is 1.10. The molecule has 0 aliphatic carbocycles. The Morgan fingerprint density at radius 3 is 3.06 bits per heavy atom. The van der Waals surface area contributed by atoms with Crippen molar-refractivity contribution >= 4 is 11.3 Å². The number of hydrogen-bond donors (Lipinski definition) is 1. The summed E-state index contributed by atoms with van der Waals surface area (Å²) in [5.41, 5.74) is 1.08. The maximum absolute atomic E-state index is 5.42. The third-order valence-corrected chi connectivity index (χ3v) is 3.07. The van der Waals surface area contributed by atoms with Gasteiger partial charge in [0.25, 0.3) is 0 Å². The molecule has 0 bridgehead atoms. The molecule has 0 aliphatic heterocycles. The van der Waals surface area contributed by atoms with Crippen molar-refractivity contribution in [3.63, 3.8) is 0 Å². The Bertz CT molecular complexity index is 295. The Morgan fingerprint density at radius 1 is 1.62 bits per heavy atom. The second-order valence-corrected chi connectivity index (χ2v) is 5.18. The molecule has 1 aromatic rings. The lowest BCUT2D eigenvalue weighted by atomic mass is 10.2. The standard InChI is InChI=1S/C13H21NOS/c1-11(2)10-15-7-6-14-12(3)9-13-5-4-8-16-13/h4-5,8,12,14H,1,6-7,9-10H2,2-3H3. The van der Waals surface area contributed by atoms with Crippen molar-refractivity contribution in [2.24, 2.45) is 0 Å². The van der Waals surface area contributed by atoms with Gasteiger partial charge in [-0.25, -0.2) is 0 Å². The summed E-state index contributed by atoms with van der Waals surface area (Å²) in [5, 5.41) is 5.57. The van der Waals surface area contributed by atoms with Crippen LogP contribution in [0.25, 0.3) is 0 Å². The van der Waals surface area contributed by atoms with Gasteiger partial charge in [-0.1, -0.05) is 18.2 Å². The van der Waals surface area contributed by atoms with Crippen LogP contribution in [-0.4, -0.2) is 25.8 Å². The SMILES string of the molecule is C=C(C)COCCNC(C)Cc1cccs1. The van der Waals surface area contributed by atoms with Crippen molar-refractivity contribution in [2.45, 2.75) is 26.3 Å². The molecule has 0 aliphatic rings. The number of nitrogens with one attached hydrogen (secondary N) is 1. The van der Waals surface area contributed by atoms with Crippen molar-refractivity contribution in [3.8, 4) is 0 Å². The minimum atomic E-state index is 0.507. The van der Waals surface area contributed by atoms with E-state index in [9.17, 15) is 0 Å². The Balaban J connectivity index is 2.02. The molecule has 0 radical (unpaired) electrons. The number of hydrogen-bond acceptors (Lipinski definition) is 3. The van der Waals surface area contributed by atoms with Gasteiger partial charge < -0.3 is 10.1 Å². The summed E-state index contributed by atoms with van der Waals surface area (Å²) in [6, 6.07) is 4.79. The van der Waals surface area contributed by atoms with Crippen LogP contribution in [-0.2, 0) is 11.2 Å². The van der Waals surface area contributed by atoms with Crippen LogP contribution in [0.5, 0.6) is 0 Å². The van der Waals surface area contributed by atoms with E-state index in [1.165, 1.54) is 4.88 Å². The first-order valence-electron chi connectivity index (χ1n) is 5.66. The molecule has 1 unspecified atom stereocenters. The van der Waals surface area contributed by atoms with Gasteiger partial charge in [0.2, 0.25) is 0 Å². The highest BCUT2D eigenvalue weighted by Gasteiger charge is 2.02. The average molecular weight is 239 g/mol. The molecule has 0 spiro atoms. The van der Waals surface area contributed by atoms with Crippen LogP contribution >= 0.6 is 11.3 Å². The number of thiophene rings is 1. The molecule has 0 saturated heterocycles. The van der Waals surface area contributed by atoms with Gasteiger partial charge in [-0.15, -0.1) is 11.3 Å². The van der Waals surface area contributed by atoms with Crippen molar-refractivity contribution in [2.75, 3.05) is 19.8 Å². The maximum Gasteiger partial charge on any atom is 0.0672 e. The fraction of sp³-hybridized carbons (Fsp3) is 0.538. The van der Waals surface area contributed by atoms with E-state index in [0.29, 0.717) is 12.6 Å². The van der Waals surface area contributed by atoms with E-state index in [0.717, 1.165) is 25.1 Å². The predicted octanol–water partition coefficient (Wildman–Crippen LogP) is 2.86. The van der Waals surface area contributed by atoms with Crippen LogP contribution in [0.2, 0.25) is 0 Å². The molecule has 16 heavy (non-hydrogen) atoms. The summed E-state index contributed by atoms with van der Waals surface area (Å²) >= 11 is 1.82. The number of rotatable bonds is 8. The van der Waals surface area contributed by atoms with Gasteiger partial charge in [-0.3, -0.25) is 0 Å². The fourth-order valence-electron chi connectivity index (χ4n) is 1.43. The topological polar surface area (TPSA) is 21.3 Å². The molecule has 3 heteroatoms. The summed E-state index contributed by atoms with van der Waals surface area (Å²) in [4.78, 5) is 1.43. The van der Waals surface area contributed by atoms with Crippen molar-refractivity contribution in [1.82, 2.24) is 5.32 Å². The highest BCUT2D eigenvalue weighted by atomic mass is 32.1. The van der Waals surface area contributed by atoms with Crippen LogP contribution in [0.3, 0.4) is 0 Å². The molecule has 0 aromatic carbocycles. The van der Waals surface area contributed by atoms with Crippen LogP contribution < -0.4 is 5.32 Å². The van der Waals surface area contributed by atoms with E-state index in [4.69, 9.17) is 4.74 Å². The molecular weight excluding hydrogens is 218 g/mol.